The summed E-state index contributed by atoms with van der Waals surface area (Å²) < 4.78 is 25.2. The minimum absolute atomic E-state index is 0.338. The first kappa shape index (κ1) is 10.9. The Morgan fingerprint density at radius 2 is 2.36 bits per heavy atom. The van der Waals surface area contributed by atoms with Gasteiger partial charge in [0, 0.05) is 12.7 Å². The Kier molecular flexibility index (Phi) is 4.35. The Morgan fingerprint density at radius 1 is 1.57 bits per heavy atom. The standard InChI is InChI=1S/C9H15F2N3/c1-2-3-4-12-8-5-13-14(6-8)7-9(10)11/h5-6,9,12H,2-4,7H2,1H3. The molecule has 0 aliphatic rings. The van der Waals surface area contributed by atoms with Crippen LogP contribution in [0.1, 0.15) is 19.8 Å². The van der Waals surface area contributed by atoms with E-state index in [4.69, 9.17) is 0 Å². The van der Waals surface area contributed by atoms with Crippen LogP contribution in [0, 0.1) is 0 Å². The molecular weight excluding hydrogens is 188 g/mol. The third-order valence-electron chi connectivity index (χ3n) is 1.82. The smallest absolute Gasteiger partial charge is 0.257 e. The van der Waals surface area contributed by atoms with Gasteiger partial charge in [-0.3, -0.25) is 4.68 Å². The van der Waals surface area contributed by atoms with Crippen LogP contribution in [-0.4, -0.2) is 22.8 Å². The number of alkyl halides is 2. The zero-order valence-corrected chi connectivity index (χ0v) is 8.21. The highest BCUT2D eigenvalue weighted by Crippen LogP contribution is 2.06. The molecule has 0 bridgehead atoms. The molecule has 1 heterocycles. The molecule has 0 amide bonds. The molecule has 0 spiro atoms. The number of hydrogen-bond acceptors (Lipinski definition) is 2. The first-order valence-corrected chi connectivity index (χ1v) is 4.77. The summed E-state index contributed by atoms with van der Waals surface area (Å²) in [6, 6.07) is 0. The molecule has 0 atom stereocenters. The lowest BCUT2D eigenvalue weighted by Crippen LogP contribution is -2.06. The molecule has 0 saturated carbocycles. The van der Waals surface area contributed by atoms with E-state index in [0.29, 0.717) is 0 Å². The molecule has 0 unspecified atom stereocenters. The van der Waals surface area contributed by atoms with E-state index in [1.54, 1.807) is 12.4 Å². The second kappa shape index (κ2) is 5.57. The zero-order valence-electron chi connectivity index (χ0n) is 8.21. The first-order chi connectivity index (χ1) is 6.72. The number of hydrogen-bond donors (Lipinski definition) is 1. The minimum atomic E-state index is -2.35. The van der Waals surface area contributed by atoms with Gasteiger partial charge in [-0.2, -0.15) is 5.10 Å². The molecule has 1 rings (SSSR count). The summed E-state index contributed by atoms with van der Waals surface area (Å²) in [5, 5.41) is 6.92. The maximum absolute atomic E-state index is 12.0. The van der Waals surface area contributed by atoms with Gasteiger partial charge in [-0.15, -0.1) is 0 Å². The molecule has 5 heteroatoms. The van der Waals surface area contributed by atoms with Crippen molar-refractivity contribution in [1.82, 2.24) is 9.78 Å². The number of halogens is 2. The number of aromatic nitrogens is 2. The van der Waals surface area contributed by atoms with Crippen LogP contribution in [0.2, 0.25) is 0 Å². The Morgan fingerprint density at radius 3 is 3.00 bits per heavy atom. The highest BCUT2D eigenvalue weighted by Gasteiger charge is 2.04. The van der Waals surface area contributed by atoms with Crippen molar-refractivity contribution < 1.29 is 8.78 Å². The molecular formula is C9H15F2N3. The second-order valence-corrected chi connectivity index (χ2v) is 3.12. The van der Waals surface area contributed by atoms with E-state index in [0.717, 1.165) is 25.1 Å². The fourth-order valence-corrected chi connectivity index (χ4v) is 1.11. The number of nitrogens with zero attached hydrogens (tertiary/aromatic N) is 2. The summed E-state index contributed by atoms with van der Waals surface area (Å²) in [7, 11) is 0. The van der Waals surface area contributed by atoms with Gasteiger partial charge < -0.3 is 5.32 Å². The Bertz CT molecular complexity index is 260. The lowest BCUT2D eigenvalue weighted by Gasteiger charge is -2.00. The molecule has 1 aromatic rings. The maximum Gasteiger partial charge on any atom is 0.257 e. The zero-order chi connectivity index (χ0) is 10.4. The van der Waals surface area contributed by atoms with Crippen molar-refractivity contribution in [3.63, 3.8) is 0 Å². The van der Waals surface area contributed by atoms with E-state index in [9.17, 15) is 8.78 Å². The molecule has 0 aliphatic heterocycles. The van der Waals surface area contributed by atoms with Gasteiger partial charge >= 0.3 is 0 Å². The topological polar surface area (TPSA) is 29.9 Å². The van der Waals surface area contributed by atoms with Gasteiger partial charge in [0.15, 0.2) is 0 Å². The molecule has 0 aliphatic carbocycles. The molecule has 0 fully saturated rings. The average Bonchev–Trinajstić information content (AvgIpc) is 2.52. The van der Waals surface area contributed by atoms with E-state index >= 15 is 0 Å². The summed E-state index contributed by atoms with van der Waals surface area (Å²) >= 11 is 0. The Balaban J connectivity index is 2.35. The third kappa shape index (κ3) is 3.72. The normalized spacial score (nSPS) is 10.9. The fourth-order valence-electron chi connectivity index (χ4n) is 1.11. The van der Waals surface area contributed by atoms with E-state index < -0.39 is 6.43 Å². The fraction of sp³-hybridized carbons (Fsp3) is 0.667. The lowest BCUT2D eigenvalue weighted by molar-refractivity contribution is 0.122. The van der Waals surface area contributed by atoms with Crippen LogP contribution in [-0.2, 0) is 6.54 Å². The average molecular weight is 203 g/mol. The molecule has 0 saturated heterocycles. The predicted octanol–water partition coefficient (Wildman–Crippen LogP) is 2.36. The summed E-state index contributed by atoms with van der Waals surface area (Å²) in [6.07, 6.45) is 3.00. The quantitative estimate of drug-likeness (QED) is 0.719. The highest BCUT2D eigenvalue weighted by molar-refractivity contribution is 5.37. The van der Waals surface area contributed by atoms with Crippen LogP contribution >= 0.6 is 0 Å². The van der Waals surface area contributed by atoms with E-state index in [2.05, 4.69) is 17.3 Å². The summed E-state index contributed by atoms with van der Waals surface area (Å²) in [5.74, 6) is 0. The number of nitrogens with one attached hydrogen (secondary N) is 1. The highest BCUT2D eigenvalue weighted by atomic mass is 19.3. The van der Waals surface area contributed by atoms with Crippen molar-refractivity contribution >= 4 is 5.69 Å². The molecule has 1 aromatic heterocycles. The van der Waals surface area contributed by atoms with Gasteiger partial charge in [0.1, 0.15) is 6.54 Å². The summed E-state index contributed by atoms with van der Waals surface area (Å²) in [4.78, 5) is 0. The van der Waals surface area contributed by atoms with E-state index in [1.807, 2.05) is 0 Å². The van der Waals surface area contributed by atoms with Crippen molar-refractivity contribution in [2.45, 2.75) is 32.7 Å². The van der Waals surface area contributed by atoms with Crippen LogP contribution in [0.25, 0.3) is 0 Å². The van der Waals surface area contributed by atoms with E-state index in [-0.39, 0.29) is 6.54 Å². The molecule has 0 aromatic carbocycles. The van der Waals surface area contributed by atoms with Gasteiger partial charge in [0.25, 0.3) is 6.43 Å². The van der Waals surface area contributed by atoms with Gasteiger partial charge in [0.05, 0.1) is 11.9 Å². The Hall–Kier alpha value is -1.13. The molecule has 3 nitrogen and oxygen atoms in total. The van der Waals surface area contributed by atoms with Crippen LogP contribution < -0.4 is 5.32 Å². The molecule has 14 heavy (non-hydrogen) atoms. The largest absolute Gasteiger partial charge is 0.383 e. The van der Waals surface area contributed by atoms with Crippen molar-refractivity contribution in [2.75, 3.05) is 11.9 Å². The van der Waals surface area contributed by atoms with Crippen molar-refractivity contribution in [3.05, 3.63) is 12.4 Å². The third-order valence-corrected chi connectivity index (χ3v) is 1.82. The number of unbranched alkanes of at least 4 members (excludes halogenated alkanes) is 1. The van der Waals surface area contributed by atoms with Crippen LogP contribution in [0.5, 0.6) is 0 Å². The number of anilines is 1. The molecule has 80 valence electrons. The van der Waals surface area contributed by atoms with Gasteiger partial charge in [0.2, 0.25) is 0 Å². The van der Waals surface area contributed by atoms with Crippen molar-refractivity contribution in [3.8, 4) is 0 Å². The van der Waals surface area contributed by atoms with Crippen molar-refractivity contribution in [2.24, 2.45) is 0 Å². The number of rotatable bonds is 6. The first-order valence-electron chi connectivity index (χ1n) is 4.77. The van der Waals surface area contributed by atoms with Crippen LogP contribution in [0.4, 0.5) is 14.5 Å². The summed E-state index contributed by atoms with van der Waals surface area (Å²) in [6.45, 7) is 2.62. The SMILES string of the molecule is CCCCNc1cnn(CC(F)F)c1. The van der Waals surface area contributed by atoms with Gasteiger partial charge in [-0.25, -0.2) is 8.78 Å². The molecule has 1 N–H and O–H groups in total. The van der Waals surface area contributed by atoms with Gasteiger partial charge in [-0.05, 0) is 6.42 Å². The Labute approximate surface area is 82.1 Å². The van der Waals surface area contributed by atoms with Crippen molar-refractivity contribution in [1.29, 1.82) is 0 Å². The molecule has 0 radical (unpaired) electrons. The van der Waals surface area contributed by atoms with Crippen LogP contribution in [0.3, 0.4) is 0 Å². The van der Waals surface area contributed by atoms with Crippen LogP contribution in [0.15, 0.2) is 12.4 Å². The predicted molar refractivity (Wildman–Crippen MR) is 51.6 cm³/mol. The second-order valence-electron chi connectivity index (χ2n) is 3.12. The lowest BCUT2D eigenvalue weighted by atomic mass is 10.3. The summed E-state index contributed by atoms with van der Waals surface area (Å²) in [5.41, 5.74) is 0.805. The van der Waals surface area contributed by atoms with E-state index in [1.165, 1.54) is 4.68 Å². The monoisotopic (exact) mass is 203 g/mol. The maximum atomic E-state index is 12.0. The van der Waals surface area contributed by atoms with Gasteiger partial charge in [-0.1, -0.05) is 13.3 Å². The minimum Gasteiger partial charge on any atom is -0.383 e.